The Morgan fingerprint density at radius 3 is 1.41 bits per heavy atom. The minimum absolute atomic E-state index is 0.0419. The Kier molecular flexibility index (Phi) is 11.1. The van der Waals surface area contributed by atoms with Gasteiger partial charge in [-0.2, -0.15) is 0 Å². The first-order chi connectivity index (χ1) is 41.5. The minimum Gasteiger partial charge on any atom is -0.455 e. The van der Waals surface area contributed by atoms with Crippen molar-refractivity contribution in [2.45, 2.75) is 85.5 Å². The van der Waals surface area contributed by atoms with Gasteiger partial charge in [-0.05, 0) is 191 Å². The van der Waals surface area contributed by atoms with Gasteiger partial charge in [0.15, 0.2) is 5.58 Å². The average Bonchev–Trinajstić information content (AvgIpc) is 1.42. The average molecular weight is 1120 g/mol. The van der Waals surface area contributed by atoms with Crippen molar-refractivity contribution in [1.29, 1.82) is 0 Å². The number of anilines is 11. The number of benzene rings is 11. The van der Waals surface area contributed by atoms with E-state index in [1.165, 1.54) is 44.5 Å². The predicted molar refractivity (Wildman–Crippen MR) is 360 cm³/mol. The second kappa shape index (κ2) is 18.4. The molecule has 0 saturated heterocycles. The number of nitrogens with zero attached hydrogens (tertiary/aromatic N) is 4. The molecule has 1 unspecified atom stereocenters. The van der Waals surface area contributed by atoms with Crippen molar-refractivity contribution in [3.05, 3.63) is 268 Å². The van der Waals surface area contributed by atoms with Gasteiger partial charge in [0.05, 0.1) is 50.6 Å². The summed E-state index contributed by atoms with van der Waals surface area (Å²) in [4.78, 5) is 9.91. The van der Waals surface area contributed by atoms with Gasteiger partial charge < -0.3 is 28.4 Å². The van der Waals surface area contributed by atoms with Crippen molar-refractivity contribution in [2.24, 2.45) is 0 Å². The minimum atomic E-state index is -0.964. The maximum absolute atomic E-state index is 7.71. The second-order valence-electron chi connectivity index (χ2n) is 26.5. The lowest BCUT2D eigenvalue weighted by molar-refractivity contribution is 0.590. The fourth-order valence-electron chi connectivity index (χ4n) is 15.1. The van der Waals surface area contributed by atoms with Crippen LogP contribution in [0.5, 0.6) is 0 Å². The van der Waals surface area contributed by atoms with Crippen molar-refractivity contribution < 1.29 is 8.83 Å². The van der Waals surface area contributed by atoms with Gasteiger partial charge in [0.2, 0.25) is 0 Å². The molecule has 6 nitrogen and oxygen atoms in total. The molecule has 0 saturated carbocycles. The Labute approximate surface area is 503 Å². The van der Waals surface area contributed by atoms with Crippen LogP contribution >= 0.6 is 0 Å². The summed E-state index contributed by atoms with van der Waals surface area (Å²) in [7, 11) is 2.23. The Hall–Kier alpha value is -9.78. The van der Waals surface area contributed by atoms with Gasteiger partial charge in [-0.1, -0.05) is 157 Å². The van der Waals surface area contributed by atoms with E-state index in [-0.39, 0.29) is 10.8 Å². The molecule has 1 aliphatic carbocycles. The smallest absolute Gasteiger partial charge is 0.160 e. The number of hydrogen-bond donors (Lipinski definition) is 0. The van der Waals surface area contributed by atoms with Crippen molar-refractivity contribution in [3.8, 4) is 11.1 Å². The van der Waals surface area contributed by atoms with Gasteiger partial charge in [-0.25, -0.2) is 0 Å². The molecule has 0 bridgehead atoms. The lowest BCUT2D eigenvalue weighted by Gasteiger charge is -2.49. The van der Waals surface area contributed by atoms with Crippen LogP contribution in [0.4, 0.5) is 62.6 Å². The van der Waals surface area contributed by atoms with Gasteiger partial charge in [0.25, 0.3) is 0 Å². The van der Waals surface area contributed by atoms with E-state index in [4.69, 9.17) is 8.83 Å². The number of furan rings is 2. The maximum atomic E-state index is 7.71. The first-order valence-corrected chi connectivity index (χ1v) is 30.3. The van der Waals surface area contributed by atoms with Crippen LogP contribution in [-0.4, -0.2) is 7.05 Å². The van der Waals surface area contributed by atoms with E-state index in [0.29, 0.717) is 0 Å². The van der Waals surface area contributed by atoms with Crippen molar-refractivity contribution in [1.82, 2.24) is 0 Å². The summed E-state index contributed by atoms with van der Waals surface area (Å²) >= 11 is 0. The van der Waals surface area contributed by atoms with E-state index in [1.54, 1.807) is 0 Å². The normalized spacial score (nSPS) is 14.9. The highest BCUT2D eigenvalue weighted by atomic mass is 16.3. The van der Waals surface area contributed by atoms with Gasteiger partial charge in [0, 0.05) is 57.1 Å². The lowest BCUT2D eigenvalue weighted by Crippen LogP contribution is -2.38. The van der Waals surface area contributed by atoms with E-state index in [2.05, 4.69) is 308 Å². The summed E-state index contributed by atoms with van der Waals surface area (Å²) in [5, 5.41) is 4.21. The molecule has 1 atom stereocenters. The van der Waals surface area contributed by atoms with Crippen LogP contribution in [0.1, 0.15) is 97.2 Å². The lowest BCUT2D eigenvalue weighted by atomic mass is 9.64. The molecular formula is C80H68N4O2. The Morgan fingerprint density at radius 1 is 0.372 bits per heavy atom. The number of hydrogen-bond acceptors (Lipinski definition) is 6. The molecule has 2 aliphatic heterocycles. The van der Waals surface area contributed by atoms with Crippen LogP contribution in [0.15, 0.2) is 221 Å². The molecular weight excluding hydrogens is 1050 g/mol. The van der Waals surface area contributed by atoms with Crippen LogP contribution in [0.2, 0.25) is 0 Å². The zero-order valence-corrected chi connectivity index (χ0v) is 50.8. The fraction of sp³-hybridized carbons (Fsp3) is 0.175. The van der Waals surface area contributed by atoms with Crippen LogP contribution in [0.3, 0.4) is 0 Å². The summed E-state index contributed by atoms with van der Waals surface area (Å²) in [6, 6.07) is 79.9. The largest absolute Gasteiger partial charge is 0.455 e. The SMILES string of the molecule is Cc1cc(C)cc(N(c2ccc(C(C)(C)C)cc2)c2cc3c(c4c2oc2ccccc24)-c2c(cc(N(c4ccc(C(C)(C)C)cc4)c4cc(C)cc(C)c4)c4c2oc2ccccc24)C32c3ccccc3N3c4ccccc4N(C)c4cccc2c43)c1. The molecule has 0 N–H and O–H groups in total. The molecule has 3 aliphatic rings. The van der Waals surface area contributed by atoms with Gasteiger partial charge in [-0.3, -0.25) is 0 Å². The van der Waals surface area contributed by atoms with E-state index in [1.807, 2.05) is 0 Å². The van der Waals surface area contributed by atoms with Crippen molar-refractivity contribution >= 4 is 106 Å². The number of para-hydroxylation sites is 6. The maximum Gasteiger partial charge on any atom is 0.160 e. The third kappa shape index (κ3) is 7.38. The van der Waals surface area contributed by atoms with Gasteiger partial charge in [0.1, 0.15) is 16.7 Å². The Balaban J connectivity index is 1.13. The molecule has 6 heteroatoms. The third-order valence-electron chi connectivity index (χ3n) is 18.7. The van der Waals surface area contributed by atoms with E-state index >= 15 is 0 Å². The number of fused-ring (bicyclic) bond motifs is 19. The zero-order chi connectivity index (χ0) is 58.9. The molecule has 0 fully saturated rings. The molecule has 0 radical (unpaired) electrons. The molecule has 86 heavy (non-hydrogen) atoms. The molecule has 2 aromatic heterocycles. The van der Waals surface area contributed by atoms with Crippen LogP contribution in [0.25, 0.3) is 55.0 Å². The topological polar surface area (TPSA) is 39.2 Å². The highest BCUT2D eigenvalue weighted by Crippen LogP contribution is 2.70. The highest BCUT2D eigenvalue weighted by molar-refractivity contribution is 6.26. The molecule has 0 amide bonds. The van der Waals surface area contributed by atoms with E-state index in [9.17, 15) is 0 Å². The van der Waals surface area contributed by atoms with Crippen molar-refractivity contribution in [2.75, 3.05) is 26.6 Å². The molecule has 1 spiro atoms. The predicted octanol–water partition coefficient (Wildman–Crippen LogP) is 22.5. The van der Waals surface area contributed by atoms with Gasteiger partial charge in [-0.15, -0.1) is 0 Å². The quantitative estimate of drug-likeness (QED) is 0.165. The van der Waals surface area contributed by atoms with Crippen LogP contribution in [-0.2, 0) is 16.2 Å². The molecule has 11 aromatic carbocycles. The van der Waals surface area contributed by atoms with Crippen LogP contribution < -0.4 is 19.6 Å². The number of aryl methyl sites for hydroxylation is 4. The summed E-state index contributed by atoms with van der Waals surface area (Å²) in [6.45, 7) is 22.6. The second-order valence-corrected chi connectivity index (χ2v) is 26.5. The molecule has 4 heterocycles. The summed E-state index contributed by atoms with van der Waals surface area (Å²) in [6.07, 6.45) is 0. The third-order valence-corrected chi connectivity index (χ3v) is 18.7. The van der Waals surface area contributed by atoms with Crippen molar-refractivity contribution in [3.63, 3.8) is 0 Å². The molecule has 420 valence electrons. The Bertz CT molecular complexity index is 4950. The molecule has 13 aromatic rings. The van der Waals surface area contributed by atoms with E-state index in [0.717, 1.165) is 129 Å². The Morgan fingerprint density at radius 2 is 0.826 bits per heavy atom. The first kappa shape index (κ1) is 51.8. The first-order valence-electron chi connectivity index (χ1n) is 30.3. The molecule has 16 rings (SSSR count). The highest BCUT2D eigenvalue weighted by Gasteiger charge is 2.56. The summed E-state index contributed by atoms with van der Waals surface area (Å²) < 4.78 is 15.2. The number of rotatable bonds is 6. The fourth-order valence-corrected chi connectivity index (χ4v) is 15.1. The van der Waals surface area contributed by atoms with Gasteiger partial charge >= 0.3 is 0 Å². The standard InChI is InChI=1S/C80H68N4O2/c1-47-39-48(2)42-55(41-47)82(53-35-31-51(32-36-53)78(5,6)7)67-45-62-74(77-71(67)57-21-12-18-29-69(57)86-77)73-61(80(62)59-23-14-15-25-63(59)84-65-27-17-16-26-64(65)81(11)66-28-20-24-60(80)75(66)84)46-68(76-72(73)58-22-13-19-30-70(58)85-76)83(56-43-49(3)40-50(4)44-56)54-37-33-52(34-38-54)79(8,9)10/h12-46H,1-11H3. The summed E-state index contributed by atoms with van der Waals surface area (Å²) in [5.74, 6) is 0. The summed E-state index contributed by atoms with van der Waals surface area (Å²) in [5.41, 5.74) is 28.4. The van der Waals surface area contributed by atoms with E-state index < -0.39 is 5.41 Å². The van der Waals surface area contributed by atoms with Crippen LogP contribution in [0, 0.1) is 27.7 Å². The zero-order valence-electron chi connectivity index (χ0n) is 50.8. The monoisotopic (exact) mass is 1120 g/mol.